The molecule has 0 N–H and O–H groups in total. The fourth-order valence-corrected chi connectivity index (χ4v) is 9.16. The zero-order valence-corrected chi connectivity index (χ0v) is 44.3. The first-order valence-corrected chi connectivity index (χ1v) is 24.2. The van der Waals surface area contributed by atoms with Crippen LogP contribution in [0.4, 0.5) is 22.7 Å². The molecule has 0 saturated heterocycles. The summed E-state index contributed by atoms with van der Waals surface area (Å²) in [5.74, 6) is 3.23. The van der Waals surface area contributed by atoms with Crippen LogP contribution in [-0.4, -0.2) is 30.5 Å². The van der Waals surface area contributed by atoms with Gasteiger partial charge in [-0.3, -0.25) is 0 Å². The van der Waals surface area contributed by atoms with Crippen molar-refractivity contribution in [2.45, 2.75) is 78.6 Å². The van der Waals surface area contributed by atoms with Crippen molar-refractivity contribution in [3.63, 3.8) is 0 Å². The molecule has 9 heteroatoms. The minimum atomic E-state index is -0.0189. The van der Waals surface area contributed by atoms with Gasteiger partial charge in [0, 0.05) is 58.6 Å². The van der Waals surface area contributed by atoms with Gasteiger partial charge in [-0.2, -0.15) is 6.07 Å². The van der Waals surface area contributed by atoms with Gasteiger partial charge in [0.25, 0.3) is 11.4 Å². The Hall–Kier alpha value is -7.63. The first kappa shape index (κ1) is 48.0. The summed E-state index contributed by atoms with van der Waals surface area (Å²) >= 11 is 0. The van der Waals surface area contributed by atoms with Crippen molar-refractivity contribution in [2.75, 3.05) is 0 Å². The second-order valence-corrected chi connectivity index (χ2v) is 21.3. The molecule has 0 unspecified atom stereocenters. The van der Waals surface area contributed by atoms with Crippen molar-refractivity contribution in [3.05, 3.63) is 199 Å². The molecule has 8 nitrogen and oxygen atoms in total. The van der Waals surface area contributed by atoms with Crippen molar-refractivity contribution < 1.29 is 25.8 Å². The molecule has 10 aromatic rings. The van der Waals surface area contributed by atoms with E-state index >= 15 is 0 Å². The number of nitrogens with zero attached hydrogens (tertiary/aromatic N) is 7. The van der Waals surface area contributed by atoms with E-state index in [9.17, 15) is 0 Å². The molecule has 0 radical (unpaired) electrons. The molecule has 3 aromatic heterocycles. The van der Waals surface area contributed by atoms with Gasteiger partial charge in [-0.1, -0.05) is 182 Å². The van der Waals surface area contributed by atoms with Gasteiger partial charge in [-0.05, 0) is 66.7 Å². The van der Waals surface area contributed by atoms with E-state index in [2.05, 4.69) is 205 Å². The molecule has 1 aliphatic rings. The van der Waals surface area contributed by atoms with Gasteiger partial charge in [0.05, 0.1) is 0 Å². The molecule has 356 valence electrons. The van der Waals surface area contributed by atoms with E-state index in [1.165, 1.54) is 16.7 Å². The van der Waals surface area contributed by atoms with E-state index < -0.39 is 0 Å². The Morgan fingerprint density at radius 2 is 1.06 bits per heavy atom. The first-order chi connectivity index (χ1) is 34.1. The summed E-state index contributed by atoms with van der Waals surface area (Å²) in [6.45, 7) is 20.0. The monoisotopic (exact) mass is 1120 g/mol. The van der Waals surface area contributed by atoms with Gasteiger partial charge in [-0.25, -0.2) is 19.9 Å². The molecular formula is C63H55N7OPt+2. The van der Waals surface area contributed by atoms with Crippen LogP contribution in [0.25, 0.3) is 61.8 Å². The van der Waals surface area contributed by atoms with Gasteiger partial charge in [0.15, 0.2) is 11.6 Å². The number of fused-ring (bicyclic) bond motifs is 4. The largest absolute Gasteiger partial charge is 2.00 e. The molecular weight excluding hydrogens is 1070 g/mol. The molecule has 72 heavy (non-hydrogen) atoms. The molecule has 0 spiro atoms. The summed E-state index contributed by atoms with van der Waals surface area (Å²) in [5.41, 5.74) is 11.7. The maximum atomic E-state index is 7.09. The Labute approximate surface area is 436 Å². The van der Waals surface area contributed by atoms with Crippen LogP contribution in [0.15, 0.2) is 170 Å². The predicted molar refractivity (Wildman–Crippen MR) is 289 cm³/mol. The Balaban J connectivity index is 0.00000596. The van der Waals surface area contributed by atoms with Crippen molar-refractivity contribution in [2.24, 2.45) is 0 Å². The van der Waals surface area contributed by atoms with E-state index in [1.54, 1.807) is 0 Å². The summed E-state index contributed by atoms with van der Waals surface area (Å²) in [6, 6.07) is 67.5. The van der Waals surface area contributed by atoms with Gasteiger partial charge >= 0.3 is 27.1 Å². The van der Waals surface area contributed by atoms with E-state index in [0.29, 0.717) is 34.5 Å². The van der Waals surface area contributed by atoms with Crippen LogP contribution >= 0.6 is 0 Å². The molecule has 0 fully saturated rings. The van der Waals surface area contributed by atoms with Crippen molar-refractivity contribution in [1.29, 1.82) is 0 Å². The molecule has 7 aromatic carbocycles. The molecule has 4 heterocycles. The molecule has 0 saturated carbocycles. The second kappa shape index (κ2) is 18.5. The minimum absolute atomic E-state index is 0. The third-order valence-electron chi connectivity index (χ3n) is 13.2. The van der Waals surface area contributed by atoms with Gasteiger partial charge < -0.3 is 9.30 Å². The van der Waals surface area contributed by atoms with E-state index in [4.69, 9.17) is 24.7 Å². The van der Waals surface area contributed by atoms with Crippen LogP contribution in [0.5, 0.6) is 11.5 Å². The second-order valence-electron chi connectivity index (χ2n) is 21.3. The maximum Gasteiger partial charge on any atom is 2.00 e. The van der Waals surface area contributed by atoms with E-state index in [1.807, 2.05) is 59.3 Å². The Kier molecular flexibility index (Phi) is 12.4. The third-order valence-corrected chi connectivity index (χ3v) is 13.2. The normalized spacial score (nSPS) is 12.6. The summed E-state index contributed by atoms with van der Waals surface area (Å²) in [6.07, 6.45) is 1.81. The number of rotatable bonds is 8. The van der Waals surface area contributed by atoms with Crippen LogP contribution in [0, 0.1) is 12.1 Å². The van der Waals surface area contributed by atoms with Gasteiger partial charge in [0.1, 0.15) is 17.3 Å². The SMILES string of the molecule is CC(C)(C)c1ccc(-c2nc(-c3ccc(C(C)(C)C)cc3)nc(-c3cc4c5ccccc5n(-c5ccccn5)c4[c-]c3Oc3[c-]c([N+]4=C=[N+](c5ccc(C(C)(C)C)cc5)c5ccccc54)ccc3)n2)cc1.[Pt+2]. The number of ether oxygens (including phenoxy) is 1. The smallest absolute Gasteiger partial charge is 0.508 e. The van der Waals surface area contributed by atoms with Crippen LogP contribution in [0.2, 0.25) is 0 Å². The molecule has 0 bridgehead atoms. The number of aromatic nitrogens is 5. The summed E-state index contributed by atoms with van der Waals surface area (Å²) in [7, 11) is 0. The van der Waals surface area contributed by atoms with Crippen LogP contribution in [0.3, 0.4) is 0 Å². The standard InChI is InChI=1S/C63H55N7O.Pt/c1-61(2,3)43-28-24-41(25-29-43)58-65-59(42-26-30-44(31-27-42)62(4,5)6)67-60(66-58)51-38-50-49-19-10-11-20-52(49)70(57-23-14-15-36-64-57)55(50)39-56(51)71-48-18-16-17-47(37-48)69-40-68(53-21-12-13-22-54(53)69)46-34-32-45(33-35-46)63(7,8)9;/h10-36,38H,1-9H3;/q;+2. The molecule has 0 amide bonds. The number of benzene rings is 7. The Morgan fingerprint density at radius 3 is 1.64 bits per heavy atom. The Morgan fingerprint density at radius 1 is 0.514 bits per heavy atom. The van der Waals surface area contributed by atoms with Gasteiger partial charge in [-0.15, -0.1) is 23.6 Å². The maximum absolute atomic E-state index is 7.09. The number of para-hydroxylation sites is 3. The van der Waals surface area contributed by atoms with Gasteiger partial charge in [0.2, 0.25) is 5.69 Å². The van der Waals surface area contributed by atoms with E-state index in [0.717, 1.165) is 61.5 Å². The molecule has 1 aliphatic heterocycles. The zero-order valence-electron chi connectivity index (χ0n) is 42.0. The van der Waals surface area contributed by atoms with Crippen molar-refractivity contribution >= 4 is 50.6 Å². The number of pyridine rings is 1. The average Bonchev–Trinajstić information content (AvgIpc) is 3.92. The average molecular weight is 1120 g/mol. The van der Waals surface area contributed by atoms with Crippen LogP contribution in [0.1, 0.15) is 79.0 Å². The van der Waals surface area contributed by atoms with E-state index in [-0.39, 0.29) is 37.3 Å². The minimum Gasteiger partial charge on any atom is -0.508 e. The first-order valence-electron chi connectivity index (χ1n) is 24.2. The summed E-state index contributed by atoms with van der Waals surface area (Å²) in [5, 5.41) is 1.99. The fourth-order valence-electron chi connectivity index (χ4n) is 9.16. The Bertz CT molecular complexity index is 3660. The number of hydrogen-bond acceptors (Lipinski definition) is 5. The predicted octanol–water partition coefficient (Wildman–Crippen LogP) is 15.5. The summed E-state index contributed by atoms with van der Waals surface area (Å²) in [4.78, 5) is 20.6. The van der Waals surface area contributed by atoms with Crippen LogP contribution < -0.4 is 13.9 Å². The third kappa shape index (κ3) is 9.13. The van der Waals surface area contributed by atoms with Crippen molar-refractivity contribution in [1.82, 2.24) is 33.7 Å². The molecule has 0 atom stereocenters. The van der Waals surface area contributed by atoms with Crippen molar-refractivity contribution in [3.8, 4) is 51.5 Å². The zero-order chi connectivity index (χ0) is 49.2. The molecule has 11 rings (SSSR count). The quantitative estimate of drug-likeness (QED) is 0.112. The topological polar surface area (TPSA) is 71.7 Å². The number of hydrogen-bond donors (Lipinski definition) is 0. The molecule has 0 aliphatic carbocycles. The van der Waals surface area contributed by atoms with Crippen LogP contribution in [-0.2, 0) is 37.3 Å². The fraction of sp³-hybridized carbons (Fsp3) is 0.190. The summed E-state index contributed by atoms with van der Waals surface area (Å²) < 4.78 is 13.4.